The molecule has 0 saturated heterocycles. The topological polar surface area (TPSA) is 17.8 Å². The highest BCUT2D eigenvalue weighted by Gasteiger charge is 2.23. The smallest absolute Gasteiger partial charge is 0.145 e. The number of hydrogen-bond acceptors (Lipinski definition) is 1. The second kappa shape index (κ2) is 14.1. The van der Waals surface area contributed by atoms with Crippen LogP contribution in [0.15, 0.2) is 121 Å². The Morgan fingerprint density at radius 1 is 0.333 bits per heavy atom. The summed E-state index contributed by atoms with van der Waals surface area (Å²) >= 11 is 0. The molecule has 9 aromatic rings. The van der Waals surface area contributed by atoms with E-state index in [0.29, 0.717) is 22.3 Å². The molecule has 0 unspecified atom stereocenters. The van der Waals surface area contributed by atoms with Gasteiger partial charge in [0, 0.05) is 16.3 Å². The van der Waals surface area contributed by atoms with E-state index in [1.165, 1.54) is 0 Å². The quantitative estimate of drug-likeness (QED) is 0.182. The Balaban J connectivity index is 1.44. The monoisotopic (exact) mass is 698 g/mol. The Labute approximate surface area is 345 Å². The summed E-state index contributed by atoms with van der Waals surface area (Å²) in [6, 6.07) is 40.6. The Bertz CT molecular complexity index is 3080. The van der Waals surface area contributed by atoms with Gasteiger partial charge in [-0.05, 0) is 68.4 Å². The van der Waals surface area contributed by atoms with Crippen molar-refractivity contribution < 1.29 is 0 Å². The molecule has 1 heterocycles. The number of benzene rings is 8. The Hall–Kier alpha value is -5.60. The van der Waals surface area contributed by atoms with E-state index in [9.17, 15) is 0 Å². The predicted octanol–water partition coefficient (Wildman–Crippen LogP) is -0.0621. The number of fused-ring (bicyclic) bond motifs is 3. The van der Waals surface area contributed by atoms with Crippen molar-refractivity contribution in [2.75, 3.05) is 0 Å². The van der Waals surface area contributed by atoms with E-state index in [-0.39, 0.29) is 54.6 Å². The van der Waals surface area contributed by atoms with E-state index in [1.54, 1.807) is 0 Å². The molecule has 0 atom stereocenters. The molecule has 9 rings (SSSR count). The van der Waals surface area contributed by atoms with Crippen molar-refractivity contribution in [3.63, 3.8) is 0 Å². The predicted molar refractivity (Wildman–Crippen MR) is 252 cm³/mol. The van der Waals surface area contributed by atoms with Crippen LogP contribution < -0.4 is 54.6 Å². The van der Waals surface area contributed by atoms with Gasteiger partial charge in [-0.15, -0.1) is 32.8 Å². The number of imidazole rings is 1. The van der Waals surface area contributed by atoms with Crippen LogP contribution in [0.1, 0.15) is 0 Å². The SMILES string of the molecule is [B]c1c([B])c([B])c(-c2cccc(-c3c4ccccc4c(-n4c(-c5ccccc5)nc5ccccc54)c4ccc(-c5c([B])c([B])c([B])c([B])c5[B])cc34)c2)c([B])c1[B]. The van der Waals surface area contributed by atoms with Crippen molar-refractivity contribution in [3.8, 4) is 50.5 Å². The summed E-state index contributed by atoms with van der Waals surface area (Å²) in [6.07, 6.45) is 0. The minimum absolute atomic E-state index is 0.142. The fourth-order valence-corrected chi connectivity index (χ4v) is 8.05. The van der Waals surface area contributed by atoms with Crippen LogP contribution in [0.4, 0.5) is 0 Å². The fraction of sp³-hybridized carbons (Fsp3) is 0. The van der Waals surface area contributed by atoms with E-state index in [1.807, 2.05) is 78.9 Å². The molecule has 0 N–H and O–H groups in total. The van der Waals surface area contributed by atoms with Gasteiger partial charge in [-0.1, -0.05) is 119 Å². The molecule has 0 spiro atoms. The highest BCUT2D eigenvalue weighted by Crippen LogP contribution is 2.44. The Kier molecular flexibility index (Phi) is 9.15. The van der Waals surface area contributed by atoms with Crippen LogP contribution >= 0.6 is 0 Å². The van der Waals surface area contributed by atoms with Crippen LogP contribution in [0.25, 0.3) is 83.0 Å². The molecule has 8 aromatic carbocycles. The van der Waals surface area contributed by atoms with Gasteiger partial charge in [-0.2, -0.15) is 0 Å². The molecule has 0 aliphatic heterocycles. The zero-order valence-electron chi connectivity index (χ0n) is 30.7. The van der Waals surface area contributed by atoms with Gasteiger partial charge in [0.1, 0.15) is 84.3 Å². The molecule has 0 aliphatic carbocycles. The molecule has 12 heteroatoms. The lowest BCUT2D eigenvalue weighted by atomic mass is 9.59. The summed E-state index contributed by atoms with van der Waals surface area (Å²) in [5.41, 5.74) is 9.79. The van der Waals surface area contributed by atoms with Crippen molar-refractivity contribution in [1.29, 1.82) is 0 Å². The van der Waals surface area contributed by atoms with Crippen LogP contribution in [0.5, 0.6) is 0 Å². The van der Waals surface area contributed by atoms with Crippen molar-refractivity contribution in [3.05, 3.63) is 121 Å². The van der Waals surface area contributed by atoms with Gasteiger partial charge in [0.15, 0.2) is 0 Å². The van der Waals surface area contributed by atoms with Crippen molar-refractivity contribution in [1.82, 2.24) is 9.55 Å². The van der Waals surface area contributed by atoms with Gasteiger partial charge < -0.3 is 0 Å². The van der Waals surface area contributed by atoms with Crippen LogP contribution in [0.3, 0.4) is 0 Å². The molecule has 240 valence electrons. The van der Waals surface area contributed by atoms with Crippen molar-refractivity contribution in [2.24, 2.45) is 0 Å². The number of hydrogen-bond donors (Lipinski definition) is 0. The van der Waals surface area contributed by atoms with Gasteiger partial charge >= 0.3 is 0 Å². The van der Waals surface area contributed by atoms with E-state index >= 15 is 0 Å². The van der Waals surface area contributed by atoms with Gasteiger partial charge in [0.05, 0.1) is 16.7 Å². The third-order valence-corrected chi connectivity index (χ3v) is 10.9. The minimum atomic E-state index is 0.142. The second-order valence-electron chi connectivity index (χ2n) is 14.1. The first-order chi connectivity index (χ1) is 27.5. The molecule has 0 bridgehead atoms. The molecule has 57 heavy (non-hydrogen) atoms. The van der Waals surface area contributed by atoms with Gasteiger partial charge in [0.25, 0.3) is 0 Å². The average molecular weight is 697 g/mol. The highest BCUT2D eigenvalue weighted by atomic mass is 15.1. The second-order valence-corrected chi connectivity index (χ2v) is 14.1. The largest absolute Gasteiger partial charge is 0.291 e. The fourth-order valence-electron chi connectivity index (χ4n) is 8.05. The number of aromatic nitrogens is 2. The average Bonchev–Trinajstić information content (AvgIpc) is 3.62. The minimum Gasteiger partial charge on any atom is -0.291 e. The molecule has 0 fully saturated rings. The molecule has 20 radical (unpaired) electrons. The molecular weight excluding hydrogens is 677 g/mol. The van der Waals surface area contributed by atoms with Crippen molar-refractivity contribution >= 4 is 166 Å². The lowest BCUT2D eigenvalue weighted by Gasteiger charge is -2.24. The maximum Gasteiger partial charge on any atom is 0.145 e. The zero-order chi connectivity index (χ0) is 39.9. The Morgan fingerprint density at radius 3 is 1.40 bits per heavy atom. The Morgan fingerprint density at radius 2 is 0.789 bits per heavy atom. The molecular formula is C45H20B10N2. The van der Waals surface area contributed by atoms with Gasteiger partial charge in [-0.3, -0.25) is 4.57 Å². The van der Waals surface area contributed by atoms with Crippen molar-refractivity contribution in [2.45, 2.75) is 0 Å². The standard InChI is InChI=1S/C45H20B10N2/c46-34-32(35(47)39(51)42(54)38(34)50)23-12-8-11-22(19-23)31-25-13-4-5-14-26(25)44(57-30-16-7-6-15-29(30)56-45(57)21-9-2-1-3-10-21)27-18-17-24(20-28(27)31)33-36(48)40(52)43(55)41(53)37(33)49/h1-20H. The maximum atomic E-state index is 6.66. The van der Waals surface area contributed by atoms with E-state index in [0.717, 1.165) is 60.8 Å². The molecule has 1 aromatic heterocycles. The van der Waals surface area contributed by atoms with Crippen LogP contribution in [-0.4, -0.2) is 88.0 Å². The van der Waals surface area contributed by atoms with Gasteiger partial charge in [-0.25, -0.2) is 4.98 Å². The van der Waals surface area contributed by atoms with Crippen LogP contribution in [0, 0.1) is 0 Å². The van der Waals surface area contributed by atoms with Gasteiger partial charge in [0.2, 0.25) is 0 Å². The number of para-hydroxylation sites is 2. The molecule has 0 saturated carbocycles. The van der Waals surface area contributed by atoms with Crippen LogP contribution in [0.2, 0.25) is 0 Å². The van der Waals surface area contributed by atoms with E-state index in [4.69, 9.17) is 83.4 Å². The summed E-state index contributed by atoms with van der Waals surface area (Å²) in [7, 11) is 64.3. The lowest BCUT2D eigenvalue weighted by Crippen LogP contribution is -2.55. The normalized spacial score (nSPS) is 11.5. The first kappa shape index (κ1) is 37.0. The zero-order valence-corrected chi connectivity index (χ0v) is 30.7. The summed E-state index contributed by atoms with van der Waals surface area (Å²) in [4.78, 5) is 5.19. The molecule has 2 nitrogen and oxygen atoms in total. The first-order valence-electron chi connectivity index (χ1n) is 18.1. The molecule has 0 aliphatic rings. The summed E-state index contributed by atoms with van der Waals surface area (Å²) in [5.74, 6) is 0.791. The number of rotatable bonds is 5. The summed E-state index contributed by atoms with van der Waals surface area (Å²) in [5, 5.41) is 3.74. The van der Waals surface area contributed by atoms with Crippen LogP contribution in [-0.2, 0) is 0 Å². The number of nitrogens with zero attached hydrogens (tertiary/aromatic N) is 2. The third-order valence-electron chi connectivity index (χ3n) is 10.9. The first-order valence-corrected chi connectivity index (χ1v) is 18.1. The third kappa shape index (κ3) is 5.74. The maximum absolute atomic E-state index is 6.66. The summed E-state index contributed by atoms with van der Waals surface area (Å²) in [6.45, 7) is 0. The lowest BCUT2D eigenvalue weighted by molar-refractivity contribution is 1.13. The summed E-state index contributed by atoms with van der Waals surface area (Å²) < 4.78 is 2.23. The molecule has 0 amide bonds. The van der Waals surface area contributed by atoms with E-state index < -0.39 is 0 Å². The highest BCUT2D eigenvalue weighted by molar-refractivity contribution is 6.70. The van der Waals surface area contributed by atoms with E-state index in [2.05, 4.69) is 47.0 Å².